The van der Waals surface area contributed by atoms with Gasteiger partial charge in [0.15, 0.2) is 17.1 Å². The quantitative estimate of drug-likeness (QED) is 0.336. The number of cyclic esters (lactones) is 1. The third-order valence-electron chi connectivity index (χ3n) is 7.18. The van der Waals surface area contributed by atoms with E-state index in [1.165, 1.54) is 0 Å². The largest absolute Gasteiger partial charge is 0.458 e. The van der Waals surface area contributed by atoms with Gasteiger partial charge in [-0.3, -0.25) is 9.59 Å². The number of nitrogens with zero attached hydrogens (tertiary/aromatic N) is 2. The van der Waals surface area contributed by atoms with Crippen molar-refractivity contribution < 1.29 is 28.9 Å². The molecule has 0 unspecified atom stereocenters. The summed E-state index contributed by atoms with van der Waals surface area (Å²) in [7, 11) is 0. The molecule has 0 saturated heterocycles. The van der Waals surface area contributed by atoms with Crippen LogP contribution in [0.15, 0.2) is 23.0 Å². The first-order chi connectivity index (χ1) is 17.4. The molecule has 0 fully saturated rings. The summed E-state index contributed by atoms with van der Waals surface area (Å²) in [5.41, 5.74) is 7.19. The van der Waals surface area contributed by atoms with Crippen LogP contribution in [-0.4, -0.2) is 46.4 Å². The highest BCUT2D eigenvalue weighted by Gasteiger charge is 2.45. The molecule has 11 nitrogen and oxygen atoms in total. The van der Waals surface area contributed by atoms with Crippen LogP contribution in [0.2, 0.25) is 0 Å². The molecule has 0 saturated carbocycles. The average molecular weight is 492 g/mol. The second-order valence-corrected chi connectivity index (χ2v) is 9.05. The molecule has 6 rings (SSSR count). The minimum absolute atomic E-state index is 0.0648. The molecule has 5 heterocycles. The first kappa shape index (κ1) is 22.5. The maximum atomic E-state index is 13.5. The highest BCUT2D eigenvalue weighted by atomic mass is 16.7. The van der Waals surface area contributed by atoms with Crippen molar-refractivity contribution in [3.05, 3.63) is 50.8 Å². The lowest BCUT2D eigenvalue weighted by atomic mass is 9.86. The topological polar surface area (TPSA) is 155 Å². The number of pyridine rings is 2. The number of rotatable bonds is 5. The van der Waals surface area contributed by atoms with Crippen molar-refractivity contribution in [2.24, 2.45) is 5.73 Å². The lowest BCUT2D eigenvalue weighted by molar-refractivity contribution is -0.172. The summed E-state index contributed by atoms with van der Waals surface area (Å²) in [6.07, 6.45) is 0.533. The van der Waals surface area contributed by atoms with Gasteiger partial charge in [0.05, 0.1) is 35.6 Å². The maximum Gasteiger partial charge on any atom is 0.343 e. The first-order valence-electron chi connectivity index (χ1n) is 11.7. The zero-order chi connectivity index (χ0) is 25.2. The lowest BCUT2D eigenvalue weighted by Gasteiger charge is -2.31. The number of nitrogens with two attached hydrogens (primary N) is 1. The Morgan fingerprint density at radius 2 is 1.97 bits per heavy atom. The maximum absolute atomic E-state index is 13.5. The van der Waals surface area contributed by atoms with E-state index in [9.17, 15) is 19.5 Å². The van der Waals surface area contributed by atoms with E-state index in [0.29, 0.717) is 41.4 Å². The van der Waals surface area contributed by atoms with Gasteiger partial charge in [0.1, 0.15) is 6.61 Å². The van der Waals surface area contributed by atoms with Crippen LogP contribution in [0.1, 0.15) is 35.6 Å². The van der Waals surface area contributed by atoms with Gasteiger partial charge >= 0.3 is 5.97 Å². The van der Waals surface area contributed by atoms with E-state index >= 15 is 0 Å². The second-order valence-electron chi connectivity index (χ2n) is 9.05. The Bertz CT molecular complexity index is 1530. The fraction of sp³-hybridized carbons (Fsp3) is 0.360. The number of benzene rings is 1. The molecule has 3 aromatic rings. The molecule has 1 aromatic carbocycles. The third kappa shape index (κ3) is 3.12. The number of amides is 1. The number of fused-ring (bicyclic) bond motifs is 6. The van der Waals surface area contributed by atoms with E-state index in [2.05, 4.69) is 5.32 Å². The molecule has 4 N–H and O–H groups in total. The van der Waals surface area contributed by atoms with Crippen molar-refractivity contribution in [1.29, 1.82) is 0 Å². The monoisotopic (exact) mass is 492 g/mol. The molecular weight excluding hydrogens is 468 g/mol. The van der Waals surface area contributed by atoms with Crippen molar-refractivity contribution >= 4 is 22.8 Å². The number of carbonyl (C=O) groups excluding carboxylic acids is 2. The number of hydrogen-bond acceptors (Lipinski definition) is 9. The Balaban J connectivity index is 1.56. The Labute approximate surface area is 204 Å². The Morgan fingerprint density at radius 1 is 1.19 bits per heavy atom. The van der Waals surface area contributed by atoms with Crippen LogP contribution in [0.4, 0.5) is 0 Å². The first-order valence-corrected chi connectivity index (χ1v) is 11.7. The van der Waals surface area contributed by atoms with Crippen molar-refractivity contribution in [2.75, 3.05) is 19.9 Å². The van der Waals surface area contributed by atoms with Crippen molar-refractivity contribution in [3.8, 4) is 22.9 Å². The predicted molar refractivity (Wildman–Crippen MR) is 126 cm³/mol. The summed E-state index contributed by atoms with van der Waals surface area (Å²) in [6, 6.07) is 5.33. The number of ether oxygens (including phenoxy) is 3. The van der Waals surface area contributed by atoms with E-state index in [-0.39, 0.29) is 55.5 Å². The highest BCUT2D eigenvalue weighted by Crippen LogP contribution is 2.43. The zero-order valence-electron chi connectivity index (χ0n) is 19.6. The molecule has 0 bridgehead atoms. The van der Waals surface area contributed by atoms with E-state index in [1.54, 1.807) is 23.6 Å². The number of aromatic nitrogens is 2. The Kier molecular flexibility index (Phi) is 5.02. The smallest absolute Gasteiger partial charge is 0.343 e. The standard InChI is InChI=1S/C25H24N4O7/c1-2-25(33)16-6-18-22-14(9-29(18)23(31)15(16)10-34-24(25)32)12(3-4-27-21(30)8-26)13-5-19-20(36-11-35-19)7-17(13)28-22/h5-7,33H,2-4,8-11,26H2,1H3,(H,27,30)/t25-/m0/s1. The normalized spacial score (nSPS) is 19.0. The minimum Gasteiger partial charge on any atom is -0.458 e. The van der Waals surface area contributed by atoms with Crippen LogP contribution in [0.3, 0.4) is 0 Å². The van der Waals surface area contributed by atoms with Crippen LogP contribution < -0.4 is 26.1 Å². The van der Waals surface area contributed by atoms with Gasteiger partial charge in [0.2, 0.25) is 12.7 Å². The Morgan fingerprint density at radius 3 is 2.72 bits per heavy atom. The van der Waals surface area contributed by atoms with Crippen molar-refractivity contribution in [3.63, 3.8) is 0 Å². The van der Waals surface area contributed by atoms with Gasteiger partial charge < -0.3 is 34.9 Å². The van der Waals surface area contributed by atoms with Crippen molar-refractivity contribution in [1.82, 2.24) is 14.9 Å². The number of nitrogens with one attached hydrogen (secondary N) is 1. The summed E-state index contributed by atoms with van der Waals surface area (Å²) in [5.74, 6) is 0.137. The Hall–Kier alpha value is -3.96. The summed E-state index contributed by atoms with van der Waals surface area (Å²) < 4.78 is 17.8. The molecule has 3 aliphatic heterocycles. The van der Waals surface area contributed by atoms with Gasteiger partial charge in [-0.1, -0.05) is 6.92 Å². The lowest BCUT2D eigenvalue weighted by Crippen LogP contribution is -2.44. The zero-order valence-corrected chi connectivity index (χ0v) is 19.6. The second kappa shape index (κ2) is 8.04. The summed E-state index contributed by atoms with van der Waals surface area (Å²) in [6.45, 7) is 2.07. The van der Waals surface area contributed by atoms with Gasteiger partial charge in [-0.15, -0.1) is 0 Å². The summed E-state index contributed by atoms with van der Waals surface area (Å²) in [4.78, 5) is 42.6. The summed E-state index contributed by atoms with van der Waals surface area (Å²) >= 11 is 0. The van der Waals surface area contributed by atoms with Crippen molar-refractivity contribution in [2.45, 2.75) is 38.5 Å². The number of aliphatic hydroxyl groups is 1. The van der Waals surface area contributed by atoms with E-state index in [4.69, 9.17) is 24.9 Å². The van der Waals surface area contributed by atoms with E-state index < -0.39 is 11.6 Å². The molecule has 186 valence electrons. The highest BCUT2D eigenvalue weighted by molar-refractivity contribution is 5.91. The van der Waals surface area contributed by atoms with Crippen LogP contribution in [0, 0.1) is 0 Å². The van der Waals surface area contributed by atoms with Crippen LogP contribution in [-0.2, 0) is 39.5 Å². The summed E-state index contributed by atoms with van der Waals surface area (Å²) in [5, 5.41) is 14.7. The molecule has 2 aromatic heterocycles. The van der Waals surface area contributed by atoms with E-state index in [0.717, 1.165) is 16.5 Å². The van der Waals surface area contributed by atoms with Crippen LogP contribution in [0.25, 0.3) is 22.3 Å². The molecule has 0 aliphatic carbocycles. The van der Waals surface area contributed by atoms with Gasteiger partial charge in [0, 0.05) is 29.1 Å². The molecular formula is C25H24N4O7. The molecule has 36 heavy (non-hydrogen) atoms. The van der Waals surface area contributed by atoms with Crippen LogP contribution in [0.5, 0.6) is 11.5 Å². The van der Waals surface area contributed by atoms with Crippen LogP contribution >= 0.6 is 0 Å². The average Bonchev–Trinajstić information content (AvgIpc) is 3.49. The molecule has 1 amide bonds. The number of carbonyl (C=O) groups is 2. The number of hydrogen-bond donors (Lipinski definition) is 3. The molecule has 3 aliphatic rings. The molecule has 11 heteroatoms. The van der Waals surface area contributed by atoms with Gasteiger partial charge in [0.25, 0.3) is 5.56 Å². The minimum atomic E-state index is -1.90. The molecule has 0 radical (unpaired) electrons. The van der Waals surface area contributed by atoms with Gasteiger partial charge in [-0.05, 0) is 30.5 Å². The SMILES string of the molecule is CC[C@@]1(O)C(=O)OCc2c1cc1n(c2=O)Cc2c-1nc1cc3c(cc1c2CCNC(=O)CN)OCO3. The molecule has 1 atom stereocenters. The van der Waals surface area contributed by atoms with Gasteiger partial charge in [-0.2, -0.15) is 0 Å². The van der Waals surface area contributed by atoms with Gasteiger partial charge in [-0.25, -0.2) is 9.78 Å². The predicted octanol–water partition coefficient (Wildman–Crippen LogP) is 0.426. The molecule has 0 spiro atoms. The van der Waals surface area contributed by atoms with E-state index in [1.807, 2.05) is 6.07 Å². The third-order valence-corrected chi connectivity index (χ3v) is 7.18. The number of esters is 1. The fourth-order valence-corrected chi connectivity index (χ4v) is 5.24. The fourth-order valence-electron chi connectivity index (χ4n) is 5.24.